The fraction of sp³-hybridized carbons (Fsp3) is 0.200. The SMILES string of the molecule is Cc1ccc2c(c1)N(C[P+](F)(F)F)C(c1ccc(OCc3cn(C[18F])nn3)cc1)c1cc(N)ccc1-2. The van der Waals surface area contributed by atoms with Crippen molar-refractivity contribution in [2.45, 2.75) is 26.4 Å². The number of hydrogen-bond donors (Lipinski definition) is 1. The number of aromatic nitrogens is 3. The lowest BCUT2D eigenvalue weighted by molar-refractivity contribution is 0.301. The molecule has 4 aromatic rings. The molecule has 0 spiro atoms. The molecular weight excluding hydrogens is 492 g/mol. The summed E-state index contributed by atoms with van der Waals surface area (Å²) in [4.78, 5) is 1.43. The van der Waals surface area contributed by atoms with Crippen molar-refractivity contribution in [1.82, 2.24) is 15.0 Å². The number of rotatable bonds is 7. The van der Waals surface area contributed by atoms with Gasteiger partial charge in [-0.2, -0.15) is 0 Å². The Morgan fingerprint density at radius 1 is 1.00 bits per heavy atom. The molecule has 36 heavy (non-hydrogen) atoms. The van der Waals surface area contributed by atoms with Crippen LogP contribution in [0, 0.1) is 6.92 Å². The molecule has 0 fully saturated rings. The lowest BCUT2D eigenvalue weighted by Crippen LogP contribution is -2.33. The second-order valence-electron chi connectivity index (χ2n) is 8.66. The first kappa shape index (κ1) is 24.1. The van der Waals surface area contributed by atoms with E-state index in [1.54, 1.807) is 42.5 Å². The van der Waals surface area contributed by atoms with E-state index in [4.69, 9.17) is 10.5 Å². The molecule has 2 N–H and O–H groups in total. The molecule has 2 heterocycles. The number of halogens is 4. The highest BCUT2D eigenvalue weighted by Crippen LogP contribution is 2.66. The van der Waals surface area contributed by atoms with Crippen molar-refractivity contribution in [1.29, 1.82) is 0 Å². The smallest absolute Gasteiger partial charge is 0.487 e. The molecule has 1 atom stereocenters. The van der Waals surface area contributed by atoms with Crippen LogP contribution in [0.15, 0.2) is 66.9 Å². The molecule has 1 aliphatic rings. The van der Waals surface area contributed by atoms with E-state index in [1.807, 2.05) is 25.1 Å². The number of nitrogens with two attached hydrogens (primary N) is 1. The van der Waals surface area contributed by atoms with Crippen molar-refractivity contribution in [2.24, 2.45) is 0 Å². The molecule has 6 nitrogen and oxygen atoms in total. The van der Waals surface area contributed by atoms with Crippen LogP contribution in [0.2, 0.25) is 0 Å². The highest BCUT2D eigenvalue weighted by atomic mass is 31.3. The summed E-state index contributed by atoms with van der Waals surface area (Å²) < 4.78 is 61.2. The molecule has 0 saturated carbocycles. The van der Waals surface area contributed by atoms with Crippen molar-refractivity contribution in [2.75, 3.05) is 16.9 Å². The fourth-order valence-electron chi connectivity index (χ4n) is 4.52. The van der Waals surface area contributed by atoms with Crippen LogP contribution in [0.4, 0.5) is 28.4 Å². The maximum absolute atomic E-state index is 13.9. The van der Waals surface area contributed by atoms with Gasteiger partial charge >= 0.3 is 8.19 Å². The van der Waals surface area contributed by atoms with Gasteiger partial charge < -0.3 is 15.4 Å². The standard InChI is InChI=1S/C25H23F4N5OP/c1-16-2-8-22-21-9-5-18(30)11-23(21)25(34(24(22)10-16)15-36(27,28)29)17-3-6-20(7-4-17)35-13-19-12-33(14-26)32-31-19/h2-12,25H,13-15,30H2,1H3/q+1/i26-1. The molecule has 0 saturated heterocycles. The van der Waals surface area contributed by atoms with E-state index >= 15 is 0 Å². The van der Waals surface area contributed by atoms with Gasteiger partial charge in [0.15, 0.2) is 6.80 Å². The van der Waals surface area contributed by atoms with Crippen LogP contribution in [-0.2, 0) is 13.4 Å². The minimum absolute atomic E-state index is 0.0828. The molecule has 0 amide bonds. The van der Waals surface area contributed by atoms with Crippen LogP contribution in [0.25, 0.3) is 11.1 Å². The Kier molecular flexibility index (Phi) is 6.30. The van der Waals surface area contributed by atoms with Crippen molar-refractivity contribution in [3.05, 3.63) is 89.2 Å². The van der Waals surface area contributed by atoms with Crippen LogP contribution in [-0.4, -0.2) is 21.3 Å². The van der Waals surface area contributed by atoms with Gasteiger partial charge in [-0.25, -0.2) is 9.07 Å². The van der Waals surface area contributed by atoms with Crippen LogP contribution in [0.1, 0.15) is 28.4 Å². The molecule has 0 bridgehead atoms. The normalized spacial score (nSPS) is 14.9. The molecular formula is C25H23F4N5OP+. The van der Waals surface area contributed by atoms with Gasteiger partial charge in [0, 0.05) is 29.5 Å². The summed E-state index contributed by atoms with van der Waals surface area (Å²) in [7, 11) is -5.66. The van der Waals surface area contributed by atoms with Crippen molar-refractivity contribution in [3.8, 4) is 16.9 Å². The third-order valence-electron chi connectivity index (χ3n) is 6.04. The van der Waals surface area contributed by atoms with Crippen LogP contribution < -0.4 is 15.4 Å². The lowest BCUT2D eigenvalue weighted by Gasteiger charge is -2.39. The molecule has 1 unspecified atom stereocenters. The summed E-state index contributed by atoms with van der Waals surface area (Å²) in [5.74, 6) is 0.503. The fourth-order valence-corrected chi connectivity index (χ4v) is 5.18. The maximum Gasteiger partial charge on any atom is 0.588 e. The van der Waals surface area contributed by atoms with E-state index in [2.05, 4.69) is 10.3 Å². The number of fused-ring (bicyclic) bond motifs is 3. The van der Waals surface area contributed by atoms with Gasteiger partial charge in [-0.15, -0.1) is 5.10 Å². The summed E-state index contributed by atoms with van der Waals surface area (Å²) >= 11 is 0. The molecule has 0 radical (unpaired) electrons. The number of benzene rings is 3. The summed E-state index contributed by atoms with van der Waals surface area (Å²) in [5, 5.41) is 7.44. The Balaban J connectivity index is 1.52. The first-order chi connectivity index (χ1) is 17.2. The molecule has 11 heteroatoms. The first-order valence-corrected chi connectivity index (χ1v) is 12.8. The van der Waals surface area contributed by atoms with Gasteiger partial charge in [0.05, 0.1) is 12.2 Å². The van der Waals surface area contributed by atoms with Gasteiger partial charge in [0.2, 0.25) is 6.29 Å². The Morgan fingerprint density at radius 3 is 2.44 bits per heavy atom. The number of alkyl halides is 1. The van der Waals surface area contributed by atoms with E-state index in [1.165, 1.54) is 11.1 Å². The Morgan fingerprint density at radius 2 is 1.75 bits per heavy atom. The molecule has 1 aliphatic heterocycles. The number of ether oxygens (including phenoxy) is 1. The second-order valence-corrected chi connectivity index (χ2v) is 10.0. The van der Waals surface area contributed by atoms with E-state index in [-0.39, 0.29) is 6.61 Å². The zero-order valence-corrected chi connectivity index (χ0v) is 20.2. The predicted octanol–water partition coefficient (Wildman–Crippen LogP) is 6.88. The van der Waals surface area contributed by atoms with E-state index in [0.717, 1.165) is 26.9 Å². The predicted molar refractivity (Wildman–Crippen MR) is 132 cm³/mol. The van der Waals surface area contributed by atoms with Crippen LogP contribution in [0.5, 0.6) is 5.75 Å². The largest absolute Gasteiger partial charge is 0.588 e. The third-order valence-corrected chi connectivity index (χ3v) is 6.66. The topological polar surface area (TPSA) is 69.2 Å². The van der Waals surface area contributed by atoms with Crippen molar-refractivity contribution >= 4 is 19.6 Å². The molecule has 186 valence electrons. The average molecular weight is 515 g/mol. The number of nitrogens with zero attached hydrogens (tertiary/aromatic N) is 4. The lowest BCUT2D eigenvalue weighted by atomic mass is 9.84. The highest BCUT2D eigenvalue weighted by molar-refractivity contribution is 7.60. The van der Waals surface area contributed by atoms with Gasteiger partial charge in [0.25, 0.3) is 0 Å². The minimum atomic E-state index is -5.66. The van der Waals surface area contributed by atoms with E-state index in [0.29, 0.717) is 28.4 Å². The molecule has 0 aliphatic carbocycles. The van der Waals surface area contributed by atoms with Crippen molar-refractivity contribution in [3.63, 3.8) is 0 Å². The average Bonchev–Trinajstić information content (AvgIpc) is 3.31. The Labute approximate surface area is 206 Å². The van der Waals surface area contributed by atoms with Gasteiger partial charge in [-0.1, -0.05) is 35.5 Å². The summed E-state index contributed by atoms with van der Waals surface area (Å²) in [6, 6.07) is 17.2. The Hall–Kier alpha value is -3.65. The van der Waals surface area contributed by atoms with Crippen molar-refractivity contribution < 1.29 is 21.7 Å². The minimum Gasteiger partial charge on any atom is -0.487 e. The van der Waals surface area contributed by atoms with E-state index < -0.39 is 27.3 Å². The van der Waals surface area contributed by atoms with Gasteiger partial charge in [-0.3, -0.25) is 0 Å². The summed E-state index contributed by atoms with van der Waals surface area (Å²) in [5.41, 5.74) is 11.5. The summed E-state index contributed by atoms with van der Waals surface area (Å²) in [6.45, 7) is 1.17. The number of aryl methyl sites for hydroxylation is 1. The summed E-state index contributed by atoms with van der Waals surface area (Å²) in [6.07, 6.45) is 0.431. The number of nitrogen functional groups attached to an aromatic ring is 1. The second kappa shape index (κ2) is 9.43. The Bertz CT molecular complexity index is 1390. The maximum atomic E-state index is 13.9. The monoisotopic (exact) mass is 515 g/mol. The molecule has 3 aromatic carbocycles. The quantitative estimate of drug-likeness (QED) is 0.165. The van der Waals surface area contributed by atoms with Gasteiger partial charge in [0.1, 0.15) is 18.1 Å². The number of anilines is 2. The number of hydrogen-bond acceptors (Lipinski definition) is 5. The van der Waals surface area contributed by atoms with Crippen LogP contribution in [0.3, 0.4) is 0 Å². The van der Waals surface area contributed by atoms with Gasteiger partial charge in [-0.05, 0) is 59.5 Å². The van der Waals surface area contributed by atoms with E-state index in [9.17, 15) is 17.0 Å². The molecule has 5 rings (SSSR count). The zero-order valence-electron chi connectivity index (χ0n) is 19.3. The zero-order chi connectivity index (χ0) is 25.4. The first-order valence-electron chi connectivity index (χ1n) is 11.1. The molecule has 1 aromatic heterocycles. The van der Waals surface area contributed by atoms with Crippen LogP contribution >= 0.6 is 8.19 Å². The highest BCUT2D eigenvalue weighted by Gasteiger charge is 2.49. The third kappa shape index (κ3) is 4.86.